The van der Waals surface area contributed by atoms with Gasteiger partial charge in [-0.1, -0.05) is 12.1 Å². The summed E-state index contributed by atoms with van der Waals surface area (Å²) >= 11 is 5.52. The van der Waals surface area contributed by atoms with Gasteiger partial charge in [0.2, 0.25) is 0 Å². The largest absolute Gasteiger partial charge is 0.152 e. The fourth-order valence-corrected chi connectivity index (χ4v) is 5.02. The van der Waals surface area contributed by atoms with Crippen LogP contribution in [0.15, 0.2) is 39.9 Å². The highest BCUT2D eigenvalue weighted by atomic mass is 32.2. The van der Waals surface area contributed by atoms with E-state index in [1.54, 1.807) is 11.3 Å². The van der Waals surface area contributed by atoms with Crippen molar-refractivity contribution < 1.29 is 0 Å². The Balaban J connectivity index is 2.31. The summed E-state index contributed by atoms with van der Waals surface area (Å²) in [6.45, 7) is 2.15. The molecule has 0 aliphatic rings. The van der Waals surface area contributed by atoms with Crippen LogP contribution in [0.25, 0.3) is 20.5 Å². The van der Waals surface area contributed by atoms with Gasteiger partial charge in [-0.05, 0) is 41.6 Å². The molecular formula is C14H12S3. The SMILES string of the molecule is CSc1c(-c2ccsc2)sc2cc(C)ccc12. The summed E-state index contributed by atoms with van der Waals surface area (Å²) in [5, 5.41) is 5.78. The molecule has 3 rings (SSSR count). The molecule has 3 aromatic rings. The first-order valence-electron chi connectivity index (χ1n) is 5.39. The van der Waals surface area contributed by atoms with E-state index >= 15 is 0 Å². The molecule has 2 aromatic heterocycles. The number of hydrogen-bond acceptors (Lipinski definition) is 3. The van der Waals surface area contributed by atoms with E-state index in [4.69, 9.17) is 0 Å². The minimum Gasteiger partial charge on any atom is -0.152 e. The lowest BCUT2D eigenvalue weighted by Crippen LogP contribution is -1.72. The predicted octanol–water partition coefficient (Wildman–Crippen LogP) is 5.66. The van der Waals surface area contributed by atoms with E-state index in [-0.39, 0.29) is 0 Å². The van der Waals surface area contributed by atoms with Crippen molar-refractivity contribution in [2.45, 2.75) is 11.8 Å². The van der Waals surface area contributed by atoms with Crippen molar-refractivity contribution in [1.82, 2.24) is 0 Å². The molecule has 0 saturated carbocycles. The molecule has 0 N–H and O–H groups in total. The second-order valence-electron chi connectivity index (χ2n) is 3.98. The first-order chi connectivity index (χ1) is 8.29. The van der Waals surface area contributed by atoms with E-state index in [1.165, 1.54) is 31.0 Å². The Bertz CT molecular complexity index is 647. The summed E-state index contributed by atoms with van der Waals surface area (Å²) in [6.07, 6.45) is 2.16. The summed E-state index contributed by atoms with van der Waals surface area (Å²) in [6, 6.07) is 8.95. The highest BCUT2D eigenvalue weighted by Crippen LogP contribution is 2.44. The molecule has 0 unspecified atom stereocenters. The summed E-state index contributed by atoms with van der Waals surface area (Å²) in [7, 11) is 0. The average Bonchev–Trinajstić information content (AvgIpc) is 2.94. The third-order valence-corrected chi connectivity index (χ3v) is 5.63. The average molecular weight is 276 g/mol. The Morgan fingerprint density at radius 3 is 2.76 bits per heavy atom. The van der Waals surface area contributed by atoms with Crippen molar-refractivity contribution in [3.8, 4) is 10.4 Å². The van der Waals surface area contributed by atoms with Gasteiger partial charge in [0, 0.05) is 25.4 Å². The van der Waals surface area contributed by atoms with Crippen molar-refractivity contribution in [2.75, 3.05) is 6.26 Å². The van der Waals surface area contributed by atoms with E-state index in [0.717, 1.165) is 0 Å². The maximum absolute atomic E-state index is 2.29. The standard InChI is InChI=1S/C14H12S3/c1-9-3-4-11-12(7-9)17-13(14(11)15-2)10-5-6-16-8-10/h3-8H,1-2H3. The van der Waals surface area contributed by atoms with Crippen LogP contribution in [0.3, 0.4) is 0 Å². The molecular weight excluding hydrogens is 264 g/mol. The molecule has 0 aliphatic heterocycles. The zero-order valence-electron chi connectivity index (χ0n) is 9.69. The van der Waals surface area contributed by atoms with Crippen molar-refractivity contribution >= 4 is 44.5 Å². The van der Waals surface area contributed by atoms with Crippen LogP contribution < -0.4 is 0 Å². The van der Waals surface area contributed by atoms with Gasteiger partial charge >= 0.3 is 0 Å². The van der Waals surface area contributed by atoms with E-state index in [9.17, 15) is 0 Å². The zero-order chi connectivity index (χ0) is 11.8. The monoisotopic (exact) mass is 276 g/mol. The third kappa shape index (κ3) is 1.92. The van der Waals surface area contributed by atoms with Gasteiger partial charge in [0.15, 0.2) is 0 Å². The minimum atomic E-state index is 1.34. The fourth-order valence-electron chi connectivity index (χ4n) is 1.97. The van der Waals surface area contributed by atoms with E-state index < -0.39 is 0 Å². The number of aryl methyl sites for hydroxylation is 1. The molecule has 17 heavy (non-hydrogen) atoms. The summed E-state index contributed by atoms with van der Waals surface area (Å²) < 4.78 is 1.40. The van der Waals surface area contributed by atoms with E-state index in [2.05, 4.69) is 48.2 Å². The van der Waals surface area contributed by atoms with Crippen LogP contribution in [0, 0.1) is 6.92 Å². The second-order valence-corrected chi connectivity index (χ2v) is 6.62. The topological polar surface area (TPSA) is 0 Å². The normalized spacial score (nSPS) is 11.2. The van der Waals surface area contributed by atoms with E-state index in [0.29, 0.717) is 0 Å². The van der Waals surface area contributed by atoms with Crippen LogP contribution in [-0.2, 0) is 0 Å². The van der Waals surface area contributed by atoms with Gasteiger partial charge in [0.1, 0.15) is 0 Å². The summed E-state index contributed by atoms with van der Waals surface area (Å²) in [5.41, 5.74) is 2.70. The van der Waals surface area contributed by atoms with Crippen molar-refractivity contribution in [1.29, 1.82) is 0 Å². The molecule has 86 valence electrons. The smallest absolute Gasteiger partial charge is 0.0499 e. The van der Waals surface area contributed by atoms with Gasteiger partial charge in [-0.2, -0.15) is 11.3 Å². The van der Waals surface area contributed by atoms with E-state index in [1.807, 2.05) is 23.1 Å². The maximum Gasteiger partial charge on any atom is 0.0499 e. The van der Waals surface area contributed by atoms with Crippen molar-refractivity contribution in [2.24, 2.45) is 0 Å². The first-order valence-corrected chi connectivity index (χ1v) is 8.37. The molecule has 1 aromatic carbocycles. The molecule has 0 spiro atoms. The van der Waals surface area contributed by atoms with Gasteiger partial charge in [-0.25, -0.2) is 0 Å². The fraction of sp³-hybridized carbons (Fsp3) is 0.143. The molecule has 0 atom stereocenters. The predicted molar refractivity (Wildman–Crippen MR) is 81.7 cm³/mol. The van der Waals surface area contributed by atoms with Gasteiger partial charge in [0.25, 0.3) is 0 Å². The Kier molecular flexibility index (Phi) is 2.99. The number of benzene rings is 1. The third-order valence-electron chi connectivity index (χ3n) is 2.79. The molecule has 2 heterocycles. The summed E-state index contributed by atoms with van der Waals surface area (Å²) in [4.78, 5) is 2.84. The lowest BCUT2D eigenvalue weighted by atomic mass is 10.2. The molecule has 3 heteroatoms. The second kappa shape index (κ2) is 4.48. The molecule has 0 fully saturated rings. The van der Waals surface area contributed by atoms with Crippen LogP contribution >= 0.6 is 34.4 Å². The van der Waals surface area contributed by atoms with Crippen LogP contribution in [-0.4, -0.2) is 6.26 Å². The Hall–Kier alpha value is -0.770. The Morgan fingerprint density at radius 2 is 2.06 bits per heavy atom. The molecule has 0 amide bonds. The van der Waals surface area contributed by atoms with Crippen LogP contribution in [0.5, 0.6) is 0 Å². The number of thiophene rings is 2. The summed E-state index contributed by atoms with van der Waals surface area (Å²) in [5.74, 6) is 0. The minimum absolute atomic E-state index is 1.34. The quantitative estimate of drug-likeness (QED) is 0.544. The maximum atomic E-state index is 2.29. The highest BCUT2D eigenvalue weighted by Gasteiger charge is 2.13. The lowest BCUT2D eigenvalue weighted by Gasteiger charge is -1.98. The van der Waals surface area contributed by atoms with Crippen LogP contribution in [0.4, 0.5) is 0 Å². The Morgan fingerprint density at radius 1 is 1.18 bits per heavy atom. The number of fused-ring (bicyclic) bond motifs is 1. The molecule has 0 aliphatic carbocycles. The zero-order valence-corrected chi connectivity index (χ0v) is 12.1. The number of rotatable bonds is 2. The lowest BCUT2D eigenvalue weighted by molar-refractivity contribution is 1.51. The molecule has 0 radical (unpaired) electrons. The van der Waals surface area contributed by atoms with Crippen molar-refractivity contribution in [3.05, 3.63) is 40.6 Å². The van der Waals surface area contributed by atoms with Crippen LogP contribution in [0.1, 0.15) is 5.56 Å². The molecule has 0 nitrogen and oxygen atoms in total. The number of thioether (sulfide) groups is 1. The molecule has 0 saturated heterocycles. The van der Waals surface area contributed by atoms with Crippen molar-refractivity contribution in [3.63, 3.8) is 0 Å². The van der Waals surface area contributed by atoms with Gasteiger partial charge < -0.3 is 0 Å². The van der Waals surface area contributed by atoms with Gasteiger partial charge in [0.05, 0.1) is 0 Å². The van der Waals surface area contributed by atoms with Gasteiger partial charge in [-0.15, -0.1) is 23.1 Å². The highest BCUT2D eigenvalue weighted by molar-refractivity contribution is 7.99. The van der Waals surface area contributed by atoms with Crippen LogP contribution in [0.2, 0.25) is 0 Å². The number of hydrogen-bond donors (Lipinski definition) is 0. The first kappa shape index (κ1) is 11.3. The van der Waals surface area contributed by atoms with Gasteiger partial charge in [-0.3, -0.25) is 0 Å². The Labute approximate surface area is 113 Å². The molecule has 0 bridgehead atoms.